The molecule has 0 radical (unpaired) electrons. The fourth-order valence-corrected chi connectivity index (χ4v) is 4.60. The van der Waals surface area contributed by atoms with E-state index in [0.717, 1.165) is 27.4 Å². The van der Waals surface area contributed by atoms with Crippen LogP contribution in [0.2, 0.25) is 0 Å². The standard InChI is InChI=1S/C23H15BrINO3S/c24-19-12-16(8-11-20(19)29-14-15-6-9-17(25)10-7-15)13-21-22(27)26(23(28)30-21)18-4-2-1-3-5-18/h1-13H,14H2/b21-13-. The van der Waals surface area contributed by atoms with Crippen LogP contribution < -0.4 is 9.64 Å². The Morgan fingerprint density at radius 3 is 2.43 bits per heavy atom. The number of hydrogen-bond acceptors (Lipinski definition) is 4. The van der Waals surface area contributed by atoms with Gasteiger partial charge in [-0.3, -0.25) is 9.59 Å². The Hall–Kier alpha value is -2.10. The smallest absolute Gasteiger partial charge is 0.298 e. The fourth-order valence-electron chi connectivity index (χ4n) is 2.88. The average Bonchev–Trinajstić information content (AvgIpc) is 3.02. The first-order valence-corrected chi connectivity index (χ1v) is 11.7. The number of benzene rings is 3. The summed E-state index contributed by atoms with van der Waals surface area (Å²) in [6.45, 7) is 0.463. The van der Waals surface area contributed by atoms with Gasteiger partial charge in [0.15, 0.2) is 0 Å². The van der Waals surface area contributed by atoms with Crippen LogP contribution in [-0.2, 0) is 11.4 Å². The average molecular weight is 592 g/mol. The minimum Gasteiger partial charge on any atom is -0.488 e. The van der Waals surface area contributed by atoms with Gasteiger partial charge in [0.2, 0.25) is 0 Å². The van der Waals surface area contributed by atoms with Gasteiger partial charge in [-0.2, -0.15) is 0 Å². The molecule has 7 heteroatoms. The lowest BCUT2D eigenvalue weighted by Gasteiger charge is -2.11. The molecule has 0 aromatic heterocycles. The topological polar surface area (TPSA) is 46.6 Å². The Labute approximate surface area is 200 Å². The van der Waals surface area contributed by atoms with Crippen molar-refractivity contribution in [1.29, 1.82) is 0 Å². The maximum atomic E-state index is 12.7. The van der Waals surface area contributed by atoms with Gasteiger partial charge in [-0.15, -0.1) is 0 Å². The van der Waals surface area contributed by atoms with Crippen molar-refractivity contribution in [3.8, 4) is 5.75 Å². The van der Waals surface area contributed by atoms with Crippen LogP contribution in [0.4, 0.5) is 10.5 Å². The van der Waals surface area contributed by atoms with Gasteiger partial charge in [0.25, 0.3) is 11.1 Å². The molecule has 2 amide bonds. The summed E-state index contributed by atoms with van der Waals surface area (Å²) in [6, 6.07) is 22.7. The molecule has 0 spiro atoms. The number of ether oxygens (including phenoxy) is 1. The maximum absolute atomic E-state index is 12.7. The third-order valence-electron chi connectivity index (χ3n) is 4.37. The number of imide groups is 1. The van der Waals surface area contributed by atoms with Gasteiger partial charge in [0, 0.05) is 3.57 Å². The molecule has 3 aromatic rings. The van der Waals surface area contributed by atoms with E-state index in [1.807, 2.05) is 48.5 Å². The van der Waals surface area contributed by atoms with E-state index in [4.69, 9.17) is 4.74 Å². The van der Waals surface area contributed by atoms with Crippen molar-refractivity contribution in [3.63, 3.8) is 0 Å². The quantitative estimate of drug-likeness (QED) is 0.240. The zero-order valence-corrected chi connectivity index (χ0v) is 20.1. The van der Waals surface area contributed by atoms with Crippen molar-refractivity contribution in [2.45, 2.75) is 6.61 Å². The molecule has 1 aliphatic rings. The summed E-state index contributed by atoms with van der Waals surface area (Å²) in [4.78, 5) is 26.7. The molecule has 0 saturated carbocycles. The van der Waals surface area contributed by atoms with E-state index in [1.54, 1.807) is 30.3 Å². The lowest BCUT2D eigenvalue weighted by atomic mass is 10.2. The number of thioether (sulfide) groups is 1. The zero-order chi connectivity index (χ0) is 21.1. The second kappa shape index (κ2) is 9.36. The maximum Gasteiger partial charge on any atom is 0.298 e. The number of carbonyl (C=O) groups is 2. The predicted molar refractivity (Wildman–Crippen MR) is 133 cm³/mol. The van der Waals surface area contributed by atoms with E-state index in [-0.39, 0.29) is 11.1 Å². The first-order valence-electron chi connectivity index (χ1n) is 9.01. The normalized spacial score (nSPS) is 15.1. The first-order chi connectivity index (χ1) is 14.5. The fraction of sp³-hybridized carbons (Fsp3) is 0.0435. The highest BCUT2D eigenvalue weighted by Crippen LogP contribution is 2.36. The molecular weight excluding hydrogens is 577 g/mol. The molecule has 1 fully saturated rings. The van der Waals surface area contributed by atoms with Crippen LogP contribution in [0.5, 0.6) is 5.75 Å². The molecule has 0 unspecified atom stereocenters. The number of hydrogen-bond donors (Lipinski definition) is 0. The molecule has 30 heavy (non-hydrogen) atoms. The number of amides is 2. The van der Waals surface area contributed by atoms with E-state index in [1.165, 1.54) is 8.47 Å². The second-order valence-corrected chi connectivity index (χ2v) is 9.55. The first kappa shape index (κ1) is 21.1. The highest BCUT2D eigenvalue weighted by molar-refractivity contribution is 14.1. The van der Waals surface area contributed by atoms with Crippen LogP contribution in [0.3, 0.4) is 0 Å². The van der Waals surface area contributed by atoms with E-state index in [0.29, 0.717) is 22.9 Å². The third kappa shape index (κ3) is 4.79. The van der Waals surface area contributed by atoms with Crippen LogP contribution in [0, 0.1) is 3.57 Å². The van der Waals surface area contributed by atoms with Gasteiger partial charge in [-0.25, -0.2) is 4.90 Å². The van der Waals surface area contributed by atoms with Crippen LogP contribution in [0.15, 0.2) is 82.2 Å². The molecule has 1 heterocycles. The lowest BCUT2D eigenvalue weighted by molar-refractivity contribution is -0.113. The molecule has 1 aliphatic heterocycles. The highest BCUT2D eigenvalue weighted by atomic mass is 127. The largest absolute Gasteiger partial charge is 0.488 e. The summed E-state index contributed by atoms with van der Waals surface area (Å²) < 4.78 is 7.86. The summed E-state index contributed by atoms with van der Waals surface area (Å²) in [6.07, 6.45) is 1.72. The third-order valence-corrected chi connectivity index (χ3v) is 6.58. The lowest BCUT2D eigenvalue weighted by Crippen LogP contribution is -2.27. The molecule has 4 nitrogen and oxygen atoms in total. The van der Waals surface area contributed by atoms with Crippen molar-refractivity contribution in [1.82, 2.24) is 0 Å². The van der Waals surface area contributed by atoms with Crippen molar-refractivity contribution in [2.24, 2.45) is 0 Å². The molecule has 0 aliphatic carbocycles. The number of carbonyl (C=O) groups excluding carboxylic acids is 2. The molecule has 150 valence electrons. The van der Waals surface area contributed by atoms with Gasteiger partial charge in [-0.1, -0.05) is 36.4 Å². The summed E-state index contributed by atoms with van der Waals surface area (Å²) in [5, 5.41) is -0.297. The Morgan fingerprint density at radius 2 is 1.73 bits per heavy atom. The van der Waals surface area contributed by atoms with Crippen LogP contribution >= 0.6 is 50.3 Å². The number of nitrogens with zero attached hydrogens (tertiary/aromatic N) is 1. The molecule has 3 aromatic carbocycles. The molecule has 0 N–H and O–H groups in total. The number of para-hydroxylation sites is 1. The van der Waals surface area contributed by atoms with E-state index >= 15 is 0 Å². The van der Waals surface area contributed by atoms with E-state index in [2.05, 4.69) is 38.5 Å². The van der Waals surface area contributed by atoms with Crippen LogP contribution in [0.25, 0.3) is 6.08 Å². The van der Waals surface area contributed by atoms with Crippen molar-refractivity contribution in [3.05, 3.63) is 96.9 Å². The number of rotatable bonds is 5. The molecule has 1 saturated heterocycles. The number of anilines is 1. The van der Waals surface area contributed by atoms with Crippen molar-refractivity contribution in [2.75, 3.05) is 4.90 Å². The van der Waals surface area contributed by atoms with Crippen LogP contribution in [0.1, 0.15) is 11.1 Å². The summed E-state index contributed by atoms with van der Waals surface area (Å²) in [7, 11) is 0. The summed E-state index contributed by atoms with van der Waals surface area (Å²) >= 11 is 6.74. The molecule has 0 bridgehead atoms. The summed E-state index contributed by atoms with van der Waals surface area (Å²) in [5.74, 6) is 0.398. The predicted octanol–water partition coefficient (Wildman–Crippen LogP) is 6.87. The van der Waals surface area contributed by atoms with Crippen LogP contribution in [-0.4, -0.2) is 11.1 Å². The van der Waals surface area contributed by atoms with Gasteiger partial charge < -0.3 is 4.74 Å². The van der Waals surface area contributed by atoms with Gasteiger partial charge >= 0.3 is 0 Å². The van der Waals surface area contributed by atoms with Crippen molar-refractivity contribution >= 4 is 73.2 Å². The SMILES string of the molecule is O=C1S/C(=C\c2ccc(OCc3ccc(I)cc3)c(Br)c2)C(=O)N1c1ccccc1. The summed E-state index contributed by atoms with van der Waals surface area (Å²) in [5.41, 5.74) is 2.46. The minimum atomic E-state index is -0.314. The Morgan fingerprint density at radius 1 is 1.00 bits per heavy atom. The Kier molecular flexibility index (Phi) is 6.60. The molecule has 0 atom stereocenters. The Bertz CT molecular complexity index is 1130. The highest BCUT2D eigenvalue weighted by Gasteiger charge is 2.36. The Balaban J connectivity index is 1.49. The zero-order valence-electron chi connectivity index (χ0n) is 15.5. The van der Waals surface area contributed by atoms with Gasteiger partial charge in [0.1, 0.15) is 12.4 Å². The molecule has 4 rings (SSSR count). The second-order valence-electron chi connectivity index (χ2n) is 6.46. The van der Waals surface area contributed by atoms with E-state index < -0.39 is 0 Å². The minimum absolute atomic E-state index is 0.297. The van der Waals surface area contributed by atoms with Crippen molar-refractivity contribution < 1.29 is 14.3 Å². The van der Waals surface area contributed by atoms with Gasteiger partial charge in [0.05, 0.1) is 15.1 Å². The van der Waals surface area contributed by atoms with E-state index in [9.17, 15) is 9.59 Å². The van der Waals surface area contributed by atoms with Gasteiger partial charge in [-0.05, 0) is 104 Å². The monoisotopic (exact) mass is 591 g/mol. The molecular formula is C23H15BrINO3S. The number of halogens is 2.